The molecule has 0 radical (unpaired) electrons. The molecule has 0 aliphatic carbocycles. The summed E-state index contributed by atoms with van der Waals surface area (Å²) in [7, 11) is 1.18. The zero-order valence-corrected chi connectivity index (χ0v) is 10.7. The van der Waals surface area contributed by atoms with E-state index in [-0.39, 0.29) is 3.61 Å². The van der Waals surface area contributed by atoms with Gasteiger partial charge < -0.3 is 0 Å². The van der Waals surface area contributed by atoms with Crippen LogP contribution in [0.4, 0.5) is 0 Å². The molecule has 1 rings (SSSR count). The van der Waals surface area contributed by atoms with Crippen molar-refractivity contribution < 1.29 is 24.6 Å². The standard InChI is InChI=1S/C5H11OSi.C2H4.Pt/c7-5-3-1-2-4-6-5;1-2;/h1-4H2,7H3;1-2H2;. The van der Waals surface area contributed by atoms with Crippen molar-refractivity contribution in [2.45, 2.75) is 22.9 Å². The van der Waals surface area contributed by atoms with E-state index in [1.165, 1.54) is 29.5 Å². The zero-order valence-electron chi connectivity index (χ0n) is 6.47. The van der Waals surface area contributed by atoms with Gasteiger partial charge in [0.1, 0.15) is 0 Å². The predicted octanol–water partition coefficient (Wildman–Crippen LogP) is 0.555. The van der Waals surface area contributed by atoms with Gasteiger partial charge in [0.2, 0.25) is 0 Å². The van der Waals surface area contributed by atoms with Crippen molar-refractivity contribution in [3.05, 3.63) is 13.2 Å². The first-order valence-corrected chi connectivity index (χ1v) is 5.64. The summed E-state index contributed by atoms with van der Waals surface area (Å²) in [5.41, 5.74) is 0. The van der Waals surface area contributed by atoms with Crippen LogP contribution in [0, 0.1) is 0 Å². The molecule has 0 spiro atoms. The molecule has 10 heavy (non-hydrogen) atoms. The first-order valence-electron chi connectivity index (χ1n) is 3.50. The van der Waals surface area contributed by atoms with E-state index >= 15 is 0 Å². The summed E-state index contributed by atoms with van der Waals surface area (Å²) >= 11 is 2.41. The maximum absolute atomic E-state index is 5.51. The molecule has 1 fully saturated rings. The Balaban J connectivity index is 0.000000371. The molecule has 1 nitrogen and oxygen atoms in total. The van der Waals surface area contributed by atoms with Gasteiger partial charge >= 0.3 is 64.3 Å². The Morgan fingerprint density at radius 3 is 2.20 bits per heavy atom. The van der Waals surface area contributed by atoms with Crippen LogP contribution >= 0.6 is 0 Å². The monoisotopic (exact) mass is 338 g/mol. The van der Waals surface area contributed by atoms with Gasteiger partial charge in [0.15, 0.2) is 0 Å². The molecule has 63 valence electrons. The van der Waals surface area contributed by atoms with Crippen molar-refractivity contribution in [1.29, 1.82) is 0 Å². The molecule has 0 amide bonds. The van der Waals surface area contributed by atoms with Crippen LogP contribution in [0.2, 0.25) is 0 Å². The summed E-state index contributed by atoms with van der Waals surface area (Å²) in [4.78, 5) is 0. The molecular weight excluding hydrogens is 323 g/mol. The Morgan fingerprint density at radius 2 is 2.00 bits per heavy atom. The van der Waals surface area contributed by atoms with Gasteiger partial charge in [0.05, 0.1) is 0 Å². The minimum atomic E-state index is 0.290. The van der Waals surface area contributed by atoms with Gasteiger partial charge in [0, 0.05) is 0 Å². The summed E-state index contributed by atoms with van der Waals surface area (Å²) in [5, 5.41) is 0. The van der Waals surface area contributed by atoms with Crippen LogP contribution in [0.5, 0.6) is 0 Å². The van der Waals surface area contributed by atoms with Gasteiger partial charge in [-0.25, -0.2) is 0 Å². The molecule has 1 unspecified atom stereocenters. The van der Waals surface area contributed by atoms with E-state index in [2.05, 4.69) is 33.0 Å². The average Bonchev–Trinajstić information content (AvgIpc) is 1.92. The molecule has 1 heterocycles. The molecule has 0 bridgehead atoms. The second-order valence-corrected chi connectivity index (χ2v) is 8.45. The van der Waals surface area contributed by atoms with Crippen LogP contribution in [0.3, 0.4) is 0 Å². The summed E-state index contributed by atoms with van der Waals surface area (Å²) < 4.78 is 5.80. The molecule has 1 aliphatic rings. The fourth-order valence-corrected chi connectivity index (χ4v) is 2.07. The van der Waals surface area contributed by atoms with E-state index in [1.54, 1.807) is 0 Å². The average molecular weight is 338 g/mol. The van der Waals surface area contributed by atoms with Crippen molar-refractivity contribution in [3.8, 4) is 0 Å². The maximum atomic E-state index is 5.51. The predicted molar refractivity (Wildman–Crippen MR) is 43.7 cm³/mol. The summed E-state index contributed by atoms with van der Waals surface area (Å²) in [5.74, 6) is 0. The van der Waals surface area contributed by atoms with Crippen LogP contribution in [0.25, 0.3) is 0 Å². The number of rotatable bonds is 0. The zero-order chi connectivity index (χ0) is 8.04. The first kappa shape index (κ1) is 10.6. The van der Waals surface area contributed by atoms with Gasteiger partial charge in [-0.05, 0) is 0 Å². The molecule has 0 aromatic heterocycles. The van der Waals surface area contributed by atoms with Crippen molar-refractivity contribution in [3.63, 3.8) is 0 Å². The number of hydrogen-bond donors (Lipinski definition) is 0. The Bertz CT molecular complexity index is 87.6. The second kappa shape index (κ2) is 5.28. The summed E-state index contributed by atoms with van der Waals surface area (Å²) in [6.07, 6.45) is 3.92. The third-order valence-electron chi connectivity index (χ3n) is 1.40. The van der Waals surface area contributed by atoms with Crippen molar-refractivity contribution in [2.24, 2.45) is 0 Å². The van der Waals surface area contributed by atoms with E-state index in [9.17, 15) is 0 Å². The fraction of sp³-hybridized carbons (Fsp3) is 0.714. The molecule has 0 aromatic carbocycles. The fourth-order valence-electron chi connectivity index (χ4n) is 0.883. The van der Waals surface area contributed by atoms with Crippen molar-refractivity contribution in [2.75, 3.05) is 6.61 Å². The summed E-state index contributed by atoms with van der Waals surface area (Å²) in [6, 6.07) is 0. The molecule has 1 atom stereocenters. The van der Waals surface area contributed by atoms with Crippen molar-refractivity contribution >= 4 is 10.2 Å². The number of hydrogen-bond acceptors (Lipinski definition) is 1. The Hall–Kier alpha value is 0.605. The first-order chi connectivity index (χ1) is 4.71. The molecule has 1 aliphatic heterocycles. The van der Waals surface area contributed by atoms with E-state index in [4.69, 9.17) is 4.74 Å². The minimum absolute atomic E-state index is 0.290. The van der Waals surface area contributed by atoms with Gasteiger partial charge in [-0.1, -0.05) is 0 Å². The van der Waals surface area contributed by atoms with Gasteiger partial charge in [-0.3, -0.25) is 0 Å². The normalized spacial score (nSPS) is 32.6. The topological polar surface area (TPSA) is 9.23 Å². The Labute approximate surface area is 77.5 Å². The molecule has 0 saturated carbocycles. The molecular formula is C7H15OPtSi. The Morgan fingerprint density at radius 1 is 1.40 bits per heavy atom. The molecule has 3 heteroatoms. The summed E-state index contributed by atoms with van der Waals surface area (Å²) in [6.45, 7) is 6.99. The van der Waals surface area contributed by atoms with Crippen LogP contribution < -0.4 is 0 Å². The van der Waals surface area contributed by atoms with E-state index < -0.39 is 0 Å². The van der Waals surface area contributed by atoms with Crippen LogP contribution in [-0.2, 0) is 24.6 Å². The van der Waals surface area contributed by atoms with Crippen LogP contribution in [0.1, 0.15) is 19.3 Å². The molecule has 0 N–H and O–H groups in total. The second-order valence-electron chi connectivity index (χ2n) is 2.34. The van der Waals surface area contributed by atoms with E-state index in [0.717, 1.165) is 6.61 Å². The van der Waals surface area contributed by atoms with E-state index in [0.29, 0.717) is 0 Å². The van der Waals surface area contributed by atoms with Gasteiger partial charge in [-0.2, -0.15) is 0 Å². The van der Waals surface area contributed by atoms with E-state index in [1.807, 2.05) is 0 Å². The quantitative estimate of drug-likeness (QED) is 0.463. The van der Waals surface area contributed by atoms with Gasteiger partial charge in [0.25, 0.3) is 0 Å². The number of ether oxygens (including phenoxy) is 1. The van der Waals surface area contributed by atoms with Crippen LogP contribution in [0.15, 0.2) is 13.2 Å². The molecule has 1 saturated heterocycles. The third-order valence-corrected chi connectivity index (χ3v) is 3.08. The van der Waals surface area contributed by atoms with Crippen molar-refractivity contribution in [1.82, 2.24) is 0 Å². The van der Waals surface area contributed by atoms with Gasteiger partial charge in [-0.15, -0.1) is 13.2 Å². The SMILES string of the molecule is C=C.[SiH3][C]1([Pt])CCCCO1. The van der Waals surface area contributed by atoms with Crippen LogP contribution in [-0.4, -0.2) is 20.5 Å². The third kappa shape index (κ3) is 4.43. The Kier molecular flexibility index (Phi) is 5.60. The molecule has 0 aromatic rings.